The number of fused-ring (bicyclic) bond motifs is 2. The summed E-state index contributed by atoms with van der Waals surface area (Å²) in [5.41, 5.74) is 2.82. The van der Waals surface area contributed by atoms with E-state index in [1.165, 1.54) is 0 Å². The Bertz CT molecular complexity index is 1340. The maximum atomic E-state index is 14.0. The Morgan fingerprint density at radius 2 is 1.69 bits per heavy atom. The number of methoxy groups -OCH3 is 1. The second-order valence-corrected chi connectivity index (χ2v) is 8.77. The molecule has 1 heterocycles. The summed E-state index contributed by atoms with van der Waals surface area (Å²) in [5.74, 6) is 0.699. The van der Waals surface area contributed by atoms with Gasteiger partial charge in [-0.3, -0.25) is 9.69 Å². The van der Waals surface area contributed by atoms with Gasteiger partial charge in [0.05, 0.1) is 13.2 Å². The molecule has 1 atom stereocenters. The van der Waals surface area contributed by atoms with E-state index in [0.29, 0.717) is 11.3 Å². The van der Waals surface area contributed by atoms with Gasteiger partial charge in [-0.15, -0.1) is 0 Å². The number of anilines is 1. The van der Waals surface area contributed by atoms with Gasteiger partial charge in [0.15, 0.2) is 0 Å². The molecule has 0 bridgehead atoms. The summed E-state index contributed by atoms with van der Waals surface area (Å²) >= 11 is 0. The van der Waals surface area contributed by atoms with Gasteiger partial charge >= 0.3 is 0 Å². The van der Waals surface area contributed by atoms with Crippen LogP contribution >= 0.6 is 0 Å². The number of hydrogen-bond donors (Lipinski definition) is 1. The van der Waals surface area contributed by atoms with Crippen LogP contribution in [0.25, 0.3) is 10.8 Å². The minimum Gasteiger partial charge on any atom is -0.508 e. The van der Waals surface area contributed by atoms with Gasteiger partial charge in [-0.2, -0.15) is 0 Å². The molecule has 32 heavy (non-hydrogen) atoms. The van der Waals surface area contributed by atoms with Crippen molar-refractivity contribution in [1.29, 1.82) is 0 Å². The molecule has 0 aliphatic carbocycles. The van der Waals surface area contributed by atoms with Crippen LogP contribution < -0.4 is 9.64 Å². The summed E-state index contributed by atoms with van der Waals surface area (Å²) in [7, 11) is 1.59. The highest BCUT2D eigenvalue weighted by Gasteiger charge is 2.49. The van der Waals surface area contributed by atoms with Crippen molar-refractivity contribution in [2.75, 3.05) is 12.0 Å². The van der Waals surface area contributed by atoms with Gasteiger partial charge in [0, 0.05) is 22.2 Å². The summed E-state index contributed by atoms with van der Waals surface area (Å²) in [5, 5.41) is 13.0. The van der Waals surface area contributed by atoms with E-state index >= 15 is 0 Å². The molecule has 4 nitrogen and oxygen atoms in total. The number of rotatable bonds is 3. The molecule has 0 fully saturated rings. The molecule has 5 rings (SSSR count). The SMILES string of the molecule is COc1cccc(C(=O)N2c3ccccc3C(C)(C)[C@H]2c2c(O)ccc3ccccc23)c1. The number of nitrogens with zero attached hydrogens (tertiary/aromatic N) is 1. The van der Waals surface area contributed by atoms with Crippen molar-refractivity contribution in [3.63, 3.8) is 0 Å². The van der Waals surface area contributed by atoms with E-state index in [9.17, 15) is 9.90 Å². The van der Waals surface area contributed by atoms with Crippen LogP contribution in [0.5, 0.6) is 11.5 Å². The molecule has 0 saturated heterocycles. The average Bonchev–Trinajstić information content (AvgIpc) is 3.05. The zero-order chi connectivity index (χ0) is 22.5. The fourth-order valence-electron chi connectivity index (χ4n) is 5.02. The fourth-order valence-corrected chi connectivity index (χ4v) is 5.02. The van der Waals surface area contributed by atoms with Crippen molar-refractivity contribution in [3.8, 4) is 11.5 Å². The minimum absolute atomic E-state index is 0.126. The van der Waals surface area contributed by atoms with Crippen LogP contribution in [-0.2, 0) is 5.41 Å². The third-order valence-electron chi connectivity index (χ3n) is 6.56. The second kappa shape index (κ2) is 7.41. The molecule has 0 radical (unpaired) electrons. The monoisotopic (exact) mass is 423 g/mol. The Balaban J connectivity index is 1.78. The van der Waals surface area contributed by atoms with Gasteiger partial charge < -0.3 is 9.84 Å². The Kier molecular flexibility index (Phi) is 4.66. The number of phenolic OH excluding ortho intramolecular Hbond substituents is 1. The van der Waals surface area contributed by atoms with Crippen molar-refractivity contribution >= 4 is 22.4 Å². The van der Waals surface area contributed by atoms with Gasteiger partial charge in [-0.25, -0.2) is 0 Å². The Morgan fingerprint density at radius 1 is 0.938 bits per heavy atom. The molecule has 0 unspecified atom stereocenters. The third kappa shape index (κ3) is 2.94. The molecule has 1 amide bonds. The first kappa shape index (κ1) is 20.1. The molecule has 4 aromatic carbocycles. The number of hydrogen-bond acceptors (Lipinski definition) is 3. The molecular weight excluding hydrogens is 398 g/mol. The number of phenols is 1. The first-order chi connectivity index (χ1) is 15.4. The quantitative estimate of drug-likeness (QED) is 0.425. The highest BCUT2D eigenvalue weighted by molar-refractivity contribution is 6.09. The molecular formula is C28H25NO3. The largest absolute Gasteiger partial charge is 0.508 e. The Hall–Kier alpha value is -3.79. The summed E-state index contributed by atoms with van der Waals surface area (Å²) < 4.78 is 5.36. The Morgan fingerprint density at radius 3 is 2.50 bits per heavy atom. The van der Waals surface area contributed by atoms with Gasteiger partial charge in [0.25, 0.3) is 5.91 Å². The lowest BCUT2D eigenvalue weighted by atomic mass is 9.76. The van der Waals surface area contributed by atoms with Crippen LogP contribution in [0, 0.1) is 0 Å². The molecule has 1 aliphatic rings. The van der Waals surface area contributed by atoms with Crippen LogP contribution in [0.3, 0.4) is 0 Å². The lowest BCUT2D eigenvalue weighted by Crippen LogP contribution is -2.38. The van der Waals surface area contributed by atoms with Crippen molar-refractivity contribution in [2.45, 2.75) is 25.3 Å². The second-order valence-electron chi connectivity index (χ2n) is 8.77. The fraction of sp³-hybridized carbons (Fsp3) is 0.179. The number of carbonyl (C=O) groups is 1. The number of para-hydroxylation sites is 1. The summed E-state index contributed by atoms with van der Waals surface area (Å²) in [6.45, 7) is 4.27. The lowest BCUT2D eigenvalue weighted by Gasteiger charge is -2.35. The van der Waals surface area contributed by atoms with Gasteiger partial charge in [0.1, 0.15) is 11.5 Å². The molecule has 1 aliphatic heterocycles. The molecule has 0 aromatic heterocycles. The maximum Gasteiger partial charge on any atom is 0.259 e. The number of carbonyl (C=O) groups excluding carboxylic acids is 1. The highest BCUT2D eigenvalue weighted by Crippen LogP contribution is 2.55. The smallest absolute Gasteiger partial charge is 0.259 e. The third-order valence-corrected chi connectivity index (χ3v) is 6.56. The van der Waals surface area contributed by atoms with Gasteiger partial charge in [0.2, 0.25) is 0 Å². The van der Waals surface area contributed by atoms with E-state index in [1.54, 1.807) is 25.3 Å². The lowest BCUT2D eigenvalue weighted by molar-refractivity contribution is 0.0971. The summed E-state index contributed by atoms with van der Waals surface area (Å²) in [6, 6.07) is 26.5. The molecule has 160 valence electrons. The zero-order valence-electron chi connectivity index (χ0n) is 18.4. The van der Waals surface area contributed by atoms with E-state index in [0.717, 1.165) is 27.6 Å². The average molecular weight is 424 g/mol. The molecule has 0 saturated carbocycles. The van der Waals surface area contributed by atoms with E-state index in [4.69, 9.17) is 4.74 Å². The first-order valence-electron chi connectivity index (χ1n) is 10.7. The highest BCUT2D eigenvalue weighted by atomic mass is 16.5. The molecule has 4 aromatic rings. The summed E-state index contributed by atoms with van der Waals surface area (Å²) in [4.78, 5) is 15.8. The van der Waals surface area contributed by atoms with E-state index in [2.05, 4.69) is 19.9 Å². The van der Waals surface area contributed by atoms with Crippen LogP contribution in [0.4, 0.5) is 5.69 Å². The van der Waals surface area contributed by atoms with Crippen molar-refractivity contribution in [1.82, 2.24) is 0 Å². The van der Waals surface area contributed by atoms with Crippen molar-refractivity contribution < 1.29 is 14.6 Å². The summed E-state index contributed by atoms with van der Waals surface area (Å²) in [6.07, 6.45) is 0. The van der Waals surface area contributed by atoms with E-state index in [-0.39, 0.29) is 17.7 Å². The number of benzene rings is 4. The van der Waals surface area contributed by atoms with Crippen LogP contribution in [0.15, 0.2) is 84.9 Å². The number of aromatic hydroxyl groups is 1. The van der Waals surface area contributed by atoms with E-state index in [1.807, 2.05) is 65.6 Å². The van der Waals surface area contributed by atoms with Gasteiger partial charge in [-0.05, 0) is 46.7 Å². The van der Waals surface area contributed by atoms with Crippen molar-refractivity contribution in [2.24, 2.45) is 0 Å². The first-order valence-corrected chi connectivity index (χ1v) is 10.7. The molecule has 1 N–H and O–H groups in total. The molecule has 0 spiro atoms. The molecule has 4 heteroatoms. The standard InChI is InChI=1S/C28H25NO3/c1-28(2)22-13-6-7-14-23(22)29(27(31)19-10-8-11-20(17-19)32-3)26(28)25-21-12-5-4-9-18(21)15-16-24(25)30/h4-17,26,30H,1-3H3/t26-/m1/s1. The predicted molar refractivity (Wildman–Crippen MR) is 128 cm³/mol. The minimum atomic E-state index is -0.424. The predicted octanol–water partition coefficient (Wildman–Crippen LogP) is 6.23. The zero-order valence-corrected chi connectivity index (χ0v) is 18.4. The topological polar surface area (TPSA) is 49.8 Å². The number of ether oxygens (including phenoxy) is 1. The van der Waals surface area contributed by atoms with Crippen molar-refractivity contribution in [3.05, 3.63) is 102 Å². The maximum absolute atomic E-state index is 14.0. The number of amides is 1. The van der Waals surface area contributed by atoms with Crippen LogP contribution in [0.1, 0.15) is 41.4 Å². The van der Waals surface area contributed by atoms with Gasteiger partial charge in [-0.1, -0.05) is 68.4 Å². The van der Waals surface area contributed by atoms with E-state index < -0.39 is 5.41 Å². The van der Waals surface area contributed by atoms with Crippen LogP contribution in [0.2, 0.25) is 0 Å². The van der Waals surface area contributed by atoms with Crippen LogP contribution in [-0.4, -0.2) is 18.1 Å². The normalized spacial score (nSPS) is 16.7. The Labute approximate surface area is 187 Å².